The van der Waals surface area contributed by atoms with Crippen molar-refractivity contribution in [2.24, 2.45) is 0 Å². The topological polar surface area (TPSA) is 66.2 Å². The number of ether oxygens (including phenoxy) is 1. The second kappa shape index (κ2) is 8.23. The Labute approximate surface area is 157 Å². The molecule has 5 nitrogen and oxygen atoms in total. The third kappa shape index (κ3) is 4.36. The van der Waals surface area contributed by atoms with Crippen LogP contribution in [-0.4, -0.2) is 36.1 Å². The highest BCUT2D eigenvalue weighted by Crippen LogP contribution is 2.29. The standard InChI is InChI=1S/C18H21Cl2N3O2/c1-11-15(19)16(20)17(22-11)18(24)23-13-7-8-21-9-14(13)25-10-12-5-3-2-4-6-12/h2-6,13-14,21-22H,7-10H2,1H3,(H,23,24)/t13-,14+/m1/s1. The van der Waals surface area contributed by atoms with Gasteiger partial charge >= 0.3 is 0 Å². The number of aromatic amines is 1. The van der Waals surface area contributed by atoms with Crippen LogP contribution in [0, 0.1) is 6.92 Å². The summed E-state index contributed by atoms with van der Waals surface area (Å²) in [4.78, 5) is 15.5. The summed E-state index contributed by atoms with van der Waals surface area (Å²) in [7, 11) is 0. The zero-order valence-corrected chi connectivity index (χ0v) is 15.5. The molecule has 7 heteroatoms. The number of aryl methyl sites for hydroxylation is 1. The normalized spacial score (nSPS) is 20.4. The number of piperidine rings is 1. The highest BCUT2D eigenvalue weighted by Gasteiger charge is 2.29. The molecule has 1 aromatic heterocycles. The summed E-state index contributed by atoms with van der Waals surface area (Å²) in [5.41, 5.74) is 2.08. The van der Waals surface area contributed by atoms with Gasteiger partial charge in [0.25, 0.3) is 5.91 Å². The summed E-state index contributed by atoms with van der Waals surface area (Å²) in [6.07, 6.45) is 0.680. The van der Waals surface area contributed by atoms with Crippen molar-refractivity contribution in [3.8, 4) is 0 Å². The predicted molar refractivity (Wildman–Crippen MR) is 99.3 cm³/mol. The summed E-state index contributed by atoms with van der Waals surface area (Å²) in [5.74, 6) is -0.264. The maximum Gasteiger partial charge on any atom is 0.269 e. The van der Waals surface area contributed by atoms with E-state index >= 15 is 0 Å². The molecule has 2 aromatic rings. The Bertz CT molecular complexity index is 733. The molecule has 0 bridgehead atoms. The lowest BCUT2D eigenvalue weighted by atomic mass is 10.0. The minimum absolute atomic E-state index is 0.0871. The van der Waals surface area contributed by atoms with E-state index in [0.717, 1.165) is 18.5 Å². The first kappa shape index (κ1) is 18.3. The number of benzene rings is 1. The quantitative estimate of drug-likeness (QED) is 0.744. The van der Waals surface area contributed by atoms with E-state index in [1.165, 1.54) is 0 Å². The molecule has 1 amide bonds. The van der Waals surface area contributed by atoms with Crippen molar-refractivity contribution < 1.29 is 9.53 Å². The molecule has 134 valence electrons. The van der Waals surface area contributed by atoms with Crippen LogP contribution in [0.4, 0.5) is 0 Å². The van der Waals surface area contributed by atoms with Crippen molar-refractivity contribution >= 4 is 29.1 Å². The fraction of sp³-hybridized carbons (Fsp3) is 0.389. The first-order valence-electron chi connectivity index (χ1n) is 8.27. The van der Waals surface area contributed by atoms with E-state index in [1.807, 2.05) is 30.3 Å². The number of hydrogen-bond acceptors (Lipinski definition) is 3. The molecule has 2 atom stereocenters. The molecule has 1 aliphatic heterocycles. The van der Waals surface area contributed by atoms with E-state index in [4.69, 9.17) is 27.9 Å². The average Bonchev–Trinajstić information content (AvgIpc) is 2.89. The Kier molecular flexibility index (Phi) is 6.02. The lowest BCUT2D eigenvalue weighted by Crippen LogP contribution is -2.53. The molecule has 3 N–H and O–H groups in total. The largest absolute Gasteiger partial charge is 0.370 e. The molecule has 1 aromatic carbocycles. The van der Waals surface area contributed by atoms with E-state index < -0.39 is 0 Å². The summed E-state index contributed by atoms with van der Waals surface area (Å²) in [5, 5.41) is 6.97. The van der Waals surface area contributed by atoms with Crippen LogP contribution in [0.25, 0.3) is 0 Å². The number of amides is 1. The first-order valence-corrected chi connectivity index (χ1v) is 9.02. The van der Waals surface area contributed by atoms with E-state index in [0.29, 0.717) is 29.6 Å². The summed E-state index contributed by atoms with van der Waals surface area (Å²) < 4.78 is 6.03. The lowest BCUT2D eigenvalue weighted by Gasteiger charge is -2.32. The Hall–Kier alpha value is -1.53. The number of halogens is 2. The van der Waals surface area contributed by atoms with Crippen molar-refractivity contribution in [3.05, 3.63) is 57.3 Å². The van der Waals surface area contributed by atoms with Gasteiger partial charge in [-0.1, -0.05) is 53.5 Å². The fourth-order valence-electron chi connectivity index (χ4n) is 2.92. The van der Waals surface area contributed by atoms with Crippen LogP contribution in [0.2, 0.25) is 10.0 Å². The molecule has 1 aliphatic rings. The zero-order valence-electron chi connectivity index (χ0n) is 13.9. The van der Waals surface area contributed by atoms with Crippen LogP contribution < -0.4 is 10.6 Å². The van der Waals surface area contributed by atoms with Crippen LogP contribution in [-0.2, 0) is 11.3 Å². The minimum atomic E-state index is -0.264. The van der Waals surface area contributed by atoms with E-state index in [2.05, 4.69) is 15.6 Å². The van der Waals surface area contributed by atoms with Crippen molar-refractivity contribution in [2.75, 3.05) is 13.1 Å². The van der Waals surface area contributed by atoms with Gasteiger partial charge in [0.2, 0.25) is 0 Å². The number of carbonyl (C=O) groups is 1. The van der Waals surface area contributed by atoms with Crippen molar-refractivity contribution in [1.29, 1.82) is 0 Å². The predicted octanol–water partition coefficient (Wildman–Crippen LogP) is 3.31. The highest BCUT2D eigenvalue weighted by atomic mass is 35.5. The molecule has 0 spiro atoms. The second-order valence-corrected chi connectivity index (χ2v) is 6.92. The summed E-state index contributed by atoms with van der Waals surface area (Å²) in [6.45, 7) is 3.81. The Morgan fingerprint density at radius 2 is 2.04 bits per heavy atom. The van der Waals surface area contributed by atoms with Crippen molar-refractivity contribution in [1.82, 2.24) is 15.6 Å². The molecule has 1 fully saturated rings. The minimum Gasteiger partial charge on any atom is -0.370 e. The molecule has 0 aliphatic carbocycles. The van der Waals surface area contributed by atoms with Gasteiger partial charge in [-0.25, -0.2) is 0 Å². The van der Waals surface area contributed by atoms with Crippen LogP contribution >= 0.6 is 23.2 Å². The SMILES string of the molecule is Cc1[nH]c(C(=O)N[C@@H]2CCNC[C@@H]2OCc2ccccc2)c(Cl)c1Cl. The molecular formula is C18H21Cl2N3O2. The molecule has 25 heavy (non-hydrogen) atoms. The maximum atomic E-state index is 12.6. The van der Waals surface area contributed by atoms with Crippen molar-refractivity contribution in [3.63, 3.8) is 0 Å². The number of nitrogens with one attached hydrogen (secondary N) is 3. The van der Waals surface area contributed by atoms with Gasteiger partial charge in [0, 0.05) is 12.2 Å². The zero-order chi connectivity index (χ0) is 17.8. The molecule has 0 radical (unpaired) electrons. The number of carbonyl (C=O) groups excluding carboxylic acids is 1. The molecular weight excluding hydrogens is 361 g/mol. The highest BCUT2D eigenvalue weighted by molar-refractivity contribution is 6.44. The lowest BCUT2D eigenvalue weighted by molar-refractivity contribution is 0.00357. The number of hydrogen-bond donors (Lipinski definition) is 3. The molecule has 2 heterocycles. The van der Waals surface area contributed by atoms with Crippen molar-refractivity contribution in [2.45, 2.75) is 32.1 Å². The number of H-pyrrole nitrogens is 1. The molecule has 0 saturated carbocycles. The van der Waals surface area contributed by atoms with Gasteiger partial charge in [0.15, 0.2) is 0 Å². The Morgan fingerprint density at radius 3 is 2.72 bits per heavy atom. The average molecular weight is 382 g/mol. The Morgan fingerprint density at radius 1 is 1.28 bits per heavy atom. The van der Waals surface area contributed by atoms with Gasteiger partial charge in [-0.05, 0) is 25.5 Å². The smallest absolute Gasteiger partial charge is 0.269 e. The van der Waals surface area contributed by atoms with Crippen LogP contribution in [0.5, 0.6) is 0 Å². The van der Waals surface area contributed by atoms with Crippen LogP contribution in [0.15, 0.2) is 30.3 Å². The third-order valence-electron chi connectivity index (χ3n) is 4.33. The van der Waals surface area contributed by atoms with Gasteiger partial charge in [-0.3, -0.25) is 4.79 Å². The van der Waals surface area contributed by atoms with Gasteiger partial charge in [0.1, 0.15) is 5.69 Å². The van der Waals surface area contributed by atoms with Gasteiger partial charge in [0.05, 0.1) is 28.8 Å². The van der Waals surface area contributed by atoms with Gasteiger partial charge < -0.3 is 20.4 Å². The van der Waals surface area contributed by atoms with Gasteiger partial charge in [-0.2, -0.15) is 0 Å². The first-order chi connectivity index (χ1) is 12.1. The third-order valence-corrected chi connectivity index (χ3v) is 5.28. The fourth-order valence-corrected chi connectivity index (χ4v) is 3.33. The Balaban J connectivity index is 1.64. The van der Waals surface area contributed by atoms with E-state index in [9.17, 15) is 4.79 Å². The van der Waals surface area contributed by atoms with Gasteiger partial charge in [-0.15, -0.1) is 0 Å². The van der Waals surface area contributed by atoms with E-state index in [-0.39, 0.29) is 23.1 Å². The number of rotatable bonds is 5. The van der Waals surface area contributed by atoms with Crippen LogP contribution in [0.1, 0.15) is 28.2 Å². The molecule has 1 saturated heterocycles. The molecule has 0 unspecified atom stereocenters. The number of aromatic nitrogens is 1. The molecule has 3 rings (SSSR count). The summed E-state index contributed by atoms with van der Waals surface area (Å²) >= 11 is 12.2. The maximum absolute atomic E-state index is 12.6. The summed E-state index contributed by atoms with van der Waals surface area (Å²) in [6, 6.07) is 9.89. The monoisotopic (exact) mass is 381 g/mol. The van der Waals surface area contributed by atoms with E-state index in [1.54, 1.807) is 6.92 Å². The second-order valence-electron chi connectivity index (χ2n) is 6.16. The van der Waals surface area contributed by atoms with Crippen LogP contribution in [0.3, 0.4) is 0 Å².